The molecule has 0 fully saturated rings. The van der Waals surface area contributed by atoms with Crippen molar-refractivity contribution in [3.05, 3.63) is 64.1 Å². The topological polar surface area (TPSA) is 32.3 Å². The van der Waals surface area contributed by atoms with Crippen LogP contribution in [0.5, 0.6) is 5.75 Å². The maximum Gasteiger partial charge on any atom is 0.115 e. The van der Waals surface area contributed by atoms with Crippen molar-refractivity contribution in [1.82, 2.24) is 5.32 Å². The van der Waals surface area contributed by atoms with Gasteiger partial charge in [-0.3, -0.25) is 0 Å². The van der Waals surface area contributed by atoms with E-state index in [-0.39, 0.29) is 5.54 Å². The van der Waals surface area contributed by atoms with Gasteiger partial charge in [-0.2, -0.15) is 0 Å². The lowest BCUT2D eigenvalue weighted by Crippen LogP contribution is -2.35. The zero-order valence-electron chi connectivity index (χ0n) is 11.2. The van der Waals surface area contributed by atoms with Crippen LogP contribution in [0.1, 0.15) is 25.0 Å². The average Bonchev–Trinajstić information content (AvgIpc) is 2.39. The fraction of sp³-hybridized carbons (Fsp3) is 0.250. The first-order chi connectivity index (χ1) is 8.97. The Hall–Kier alpha value is -1.32. The fourth-order valence-electron chi connectivity index (χ4n) is 1.91. The van der Waals surface area contributed by atoms with E-state index in [9.17, 15) is 5.11 Å². The van der Waals surface area contributed by atoms with Crippen molar-refractivity contribution in [3.63, 3.8) is 0 Å². The number of phenols is 1. The molecule has 0 aliphatic carbocycles. The van der Waals surface area contributed by atoms with E-state index in [0.717, 1.165) is 16.6 Å². The summed E-state index contributed by atoms with van der Waals surface area (Å²) in [6, 6.07) is 15.6. The van der Waals surface area contributed by atoms with Crippen LogP contribution in [0, 0.1) is 0 Å². The molecule has 19 heavy (non-hydrogen) atoms. The highest BCUT2D eigenvalue weighted by Gasteiger charge is 2.19. The number of halogens is 1. The van der Waals surface area contributed by atoms with Crippen LogP contribution in [-0.2, 0) is 12.1 Å². The highest BCUT2D eigenvalue weighted by Crippen LogP contribution is 2.22. The van der Waals surface area contributed by atoms with Crippen LogP contribution < -0.4 is 5.32 Å². The summed E-state index contributed by atoms with van der Waals surface area (Å²) < 4.78 is 1.09. The third kappa shape index (κ3) is 3.82. The summed E-state index contributed by atoms with van der Waals surface area (Å²) in [7, 11) is 0. The van der Waals surface area contributed by atoms with Gasteiger partial charge in [-0.1, -0.05) is 40.2 Å². The van der Waals surface area contributed by atoms with Gasteiger partial charge in [-0.15, -0.1) is 0 Å². The number of phenolic OH excluding ortho intramolecular Hbond substituents is 1. The Morgan fingerprint density at radius 3 is 2.16 bits per heavy atom. The van der Waals surface area contributed by atoms with Crippen molar-refractivity contribution >= 4 is 15.9 Å². The van der Waals surface area contributed by atoms with Gasteiger partial charge in [0.05, 0.1) is 0 Å². The Morgan fingerprint density at radius 1 is 1.00 bits per heavy atom. The van der Waals surface area contributed by atoms with Crippen LogP contribution >= 0.6 is 15.9 Å². The Bertz CT molecular complexity index is 532. The first-order valence-corrected chi connectivity index (χ1v) is 7.06. The summed E-state index contributed by atoms with van der Waals surface area (Å²) in [6.07, 6.45) is 0. The second-order valence-corrected chi connectivity index (χ2v) is 6.07. The smallest absolute Gasteiger partial charge is 0.115 e. The molecule has 100 valence electrons. The molecule has 0 saturated heterocycles. The minimum absolute atomic E-state index is 0.0986. The second kappa shape index (κ2) is 5.76. The number of hydrogen-bond donors (Lipinski definition) is 2. The van der Waals surface area contributed by atoms with E-state index >= 15 is 0 Å². The molecule has 0 aromatic heterocycles. The van der Waals surface area contributed by atoms with Gasteiger partial charge in [0.2, 0.25) is 0 Å². The van der Waals surface area contributed by atoms with E-state index in [1.54, 1.807) is 12.1 Å². The van der Waals surface area contributed by atoms with Gasteiger partial charge in [0.15, 0.2) is 0 Å². The van der Waals surface area contributed by atoms with Crippen molar-refractivity contribution in [3.8, 4) is 5.75 Å². The van der Waals surface area contributed by atoms with Gasteiger partial charge in [-0.25, -0.2) is 0 Å². The van der Waals surface area contributed by atoms with Gasteiger partial charge in [0.25, 0.3) is 0 Å². The van der Waals surface area contributed by atoms with Crippen LogP contribution in [0.3, 0.4) is 0 Å². The van der Waals surface area contributed by atoms with Crippen LogP contribution in [0.4, 0.5) is 0 Å². The molecule has 2 aromatic rings. The van der Waals surface area contributed by atoms with Crippen LogP contribution in [0.25, 0.3) is 0 Å². The molecule has 0 bridgehead atoms. The Morgan fingerprint density at radius 2 is 1.58 bits per heavy atom. The first-order valence-electron chi connectivity index (χ1n) is 6.26. The van der Waals surface area contributed by atoms with Crippen molar-refractivity contribution in [2.45, 2.75) is 25.9 Å². The van der Waals surface area contributed by atoms with E-state index in [4.69, 9.17) is 0 Å². The van der Waals surface area contributed by atoms with Crippen molar-refractivity contribution < 1.29 is 5.11 Å². The first kappa shape index (κ1) is 14.1. The molecular weight excluding hydrogens is 302 g/mol. The maximum atomic E-state index is 9.26. The van der Waals surface area contributed by atoms with Crippen LogP contribution in [-0.4, -0.2) is 5.11 Å². The zero-order valence-corrected chi connectivity index (χ0v) is 12.7. The normalized spacial score (nSPS) is 11.5. The van der Waals surface area contributed by atoms with Crippen LogP contribution in [0.2, 0.25) is 0 Å². The van der Waals surface area contributed by atoms with Gasteiger partial charge in [-0.05, 0) is 49.2 Å². The molecule has 3 heteroatoms. The predicted octanol–water partition coefficient (Wildman–Crippen LogP) is 4.18. The Kier molecular flexibility index (Phi) is 4.27. The van der Waals surface area contributed by atoms with E-state index in [1.807, 2.05) is 12.1 Å². The van der Waals surface area contributed by atoms with Gasteiger partial charge in [0.1, 0.15) is 5.75 Å². The summed E-state index contributed by atoms with van der Waals surface area (Å²) in [6.45, 7) is 5.09. The summed E-state index contributed by atoms with van der Waals surface area (Å²) in [5.41, 5.74) is 2.30. The number of rotatable bonds is 4. The summed E-state index contributed by atoms with van der Waals surface area (Å²) >= 11 is 3.45. The molecule has 0 heterocycles. The molecule has 0 saturated carbocycles. The number of nitrogens with one attached hydrogen (secondary N) is 1. The quantitative estimate of drug-likeness (QED) is 0.886. The number of benzene rings is 2. The molecule has 0 spiro atoms. The molecule has 0 radical (unpaired) electrons. The fourth-order valence-corrected chi connectivity index (χ4v) is 2.17. The lowest BCUT2D eigenvalue weighted by molar-refractivity contribution is 0.401. The highest BCUT2D eigenvalue weighted by molar-refractivity contribution is 9.10. The molecule has 2 aromatic carbocycles. The highest BCUT2D eigenvalue weighted by atomic mass is 79.9. The average molecular weight is 320 g/mol. The van der Waals surface area contributed by atoms with E-state index in [0.29, 0.717) is 5.75 Å². The largest absolute Gasteiger partial charge is 0.508 e. The Balaban J connectivity index is 2.04. The lowest BCUT2D eigenvalue weighted by atomic mass is 9.94. The molecular formula is C16H18BrNO. The van der Waals surface area contributed by atoms with Crippen LogP contribution in [0.15, 0.2) is 53.0 Å². The van der Waals surface area contributed by atoms with E-state index < -0.39 is 0 Å². The summed E-state index contributed by atoms with van der Waals surface area (Å²) in [4.78, 5) is 0. The third-order valence-electron chi connectivity index (χ3n) is 3.24. The van der Waals surface area contributed by atoms with Crippen molar-refractivity contribution in [2.75, 3.05) is 0 Å². The lowest BCUT2D eigenvalue weighted by Gasteiger charge is -2.27. The molecule has 2 N–H and O–H groups in total. The second-order valence-electron chi connectivity index (χ2n) is 5.15. The molecule has 0 aliphatic rings. The zero-order chi connectivity index (χ0) is 13.9. The Labute approximate surface area is 122 Å². The molecule has 0 amide bonds. The number of hydrogen-bond acceptors (Lipinski definition) is 2. The number of aromatic hydroxyl groups is 1. The van der Waals surface area contributed by atoms with E-state index in [2.05, 4.69) is 59.4 Å². The minimum atomic E-state index is -0.0986. The van der Waals surface area contributed by atoms with Gasteiger partial charge >= 0.3 is 0 Å². The monoisotopic (exact) mass is 319 g/mol. The molecule has 2 rings (SSSR count). The van der Waals surface area contributed by atoms with Gasteiger partial charge in [0, 0.05) is 16.6 Å². The SMILES string of the molecule is CC(C)(NCc1ccc(O)cc1)c1ccc(Br)cc1. The molecule has 0 unspecified atom stereocenters. The minimum Gasteiger partial charge on any atom is -0.508 e. The summed E-state index contributed by atoms with van der Waals surface area (Å²) in [5.74, 6) is 0.302. The van der Waals surface area contributed by atoms with E-state index in [1.165, 1.54) is 5.56 Å². The maximum absolute atomic E-state index is 9.26. The summed E-state index contributed by atoms with van der Waals surface area (Å²) in [5, 5.41) is 12.8. The molecule has 0 aliphatic heterocycles. The third-order valence-corrected chi connectivity index (χ3v) is 3.77. The standard InChI is InChI=1S/C16H18BrNO/c1-16(2,13-5-7-14(17)8-6-13)18-11-12-3-9-15(19)10-4-12/h3-10,18-19H,11H2,1-2H3. The van der Waals surface area contributed by atoms with Crippen molar-refractivity contribution in [1.29, 1.82) is 0 Å². The predicted molar refractivity (Wildman–Crippen MR) is 82.1 cm³/mol. The van der Waals surface area contributed by atoms with Crippen molar-refractivity contribution in [2.24, 2.45) is 0 Å². The molecule has 2 nitrogen and oxygen atoms in total. The molecule has 0 atom stereocenters. The van der Waals surface area contributed by atoms with Gasteiger partial charge < -0.3 is 10.4 Å².